The van der Waals surface area contributed by atoms with Crippen molar-refractivity contribution in [3.05, 3.63) is 168 Å². The topological polar surface area (TPSA) is 33.6 Å². The van der Waals surface area contributed by atoms with Crippen molar-refractivity contribution in [1.82, 2.24) is 9.13 Å². The lowest BCUT2D eigenvalue weighted by Crippen LogP contribution is -2.10. The van der Waals surface area contributed by atoms with Gasteiger partial charge >= 0.3 is 0 Å². The standard InChI is InChI=1S/C49H22F5N3S2/c50-40-39(41(51)43(53)44(54)42(40)52)32-21-22-36(56-34-13-5-1-9-24(34)28-17-19-30-26-11-3-7-15-37(26)58-48(30)46(28)56)33(23-55)45(32)57-35-14-6-2-10-25(35)29-18-20-31-27-12-4-8-16-38(27)59-49(31)47(29)57/h1-22H. The van der Waals surface area contributed by atoms with Gasteiger partial charge in [-0.25, -0.2) is 22.0 Å². The first-order chi connectivity index (χ1) is 28.9. The number of nitriles is 1. The van der Waals surface area contributed by atoms with Crippen LogP contribution in [-0.2, 0) is 0 Å². The van der Waals surface area contributed by atoms with Gasteiger partial charge in [-0.3, -0.25) is 0 Å². The van der Waals surface area contributed by atoms with Gasteiger partial charge in [0.05, 0.1) is 48.4 Å². The Balaban J connectivity index is 1.32. The molecule has 0 saturated carbocycles. The van der Waals surface area contributed by atoms with Crippen LogP contribution >= 0.6 is 22.7 Å². The molecule has 0 aliphatic rings. The Morgan fingerprint density at radius 2 is 0.864 bits per heavy atom. The third kappa shape index (κ3) is 4.43. The average molecular weight is 812 g/mol. The lowest BCUT2D eigenvalue weighted by molar-refractivity contribution is 0.381. The number of nitrogens with zero attached hydrogens (tertiary/aromatic N) is 3. The first kappa shape index (κ1) is 34.0. The molecule has 0 fully saturated rings. The van der Waals surface area contributed by atoms with E-state index < -0.39 is 34.6 Å². The van der Waals surface area contributed by atoms with Crippen LogP contribution in [0.2, 0.25) is 0 Å². The van der Waals surface area contributed by atoms with Crippen molar-refractivity contribution in [3.63, 3.8) is 0 Å². The van der Waals surface area contributed by atoms with Gasteiger partial charge in [0, 0.05) is 58.1 Å². The average Bonchev–Trinajstić information content (AvgIpc) is 4.02. The summed E-state index contributed by atoms with van der Waals surface area (Å²) in [7, 11) is 0. The molecule has 0 aliphatic carbocycles. The molecule has 0 unspecified atom stereocenters. The van der Waals surface area contributed by atoms with E-state index in [0.717, 1.165) is 72.9 Å². The molecule has 4 aromatic heterocycles. The van der Waals surface area contributed by atoms with Gasteiger partial charge in [0.1, 0.15) is 11.6 Å². The van der Waals surface area contributed by atoms with Crippen molar-refractivity contribution in [2.45, 2.75) is 0 Å². The lowest BCUT2D eigenvalue weighted by atomic mass is 9.96. The Labute approximate surface area is 338 Å². The molecule has 0 aliphatic heterocycles. The van der Waals surface area contributed by atoms with Crippen molar-refractivity contribution in [2.75, 3.05) is 0 Å². The number of benzene rings is 8. The molecule has 0 N–H and O–H groups in total. The summed E-state index contributed by atoms with van der Waals surface area (Å²) in [4.78, 5) is 0. The molecular weight excluding hydrogens is 790 g/mol. The monoisotopic (exact) mass is 811 g/mol. The zero-order valence-corrected chi connectivity index (χ0v) is 31.9. The molecule has 3 nitrogen and oxygen atoms in total. The predicted octanol–water partition coefficient (Wildman–Crippen LogP) is 14.9. The van der Waals surface area contributed by atoms with Crippen molar-refractivity contribution in [3.8, 4) is 28.6 Å². The summed E-state index contributed by atoms with van der Waals surface area (Å²) in [6, 6.07) is 44.8. The SMILES string of the molecule is N#Cc1c(-n2c3ccccc3c3ccc4c5ccccc5sc4c32)ccc(-c2c(F)c(F)c(F)c(F)c2F)c1-n1c2ccccc2c2ccc3c4ccccc4sc3c21. The highest BCUT2D eigenvalue weighted by molar-refractivity contribution is 7.27. The molecule has 59 heavy (non-hydrogen) atoms. The van der Waals surface area contributed by atoms with E-state index in [1.807, 2.05) is 102 Å². The van der Waals surface area contributed by atoms with E-state index in [2.05, 4.69) is 30.3 Å². The molecule has 0 saturated heterocycles. The third-order valence-electron chi connectivity index (χ3n) is 11.6. The molecule has 12 aromatic rings. The molecule has 0 atom stereocenters. The molecule has 4 heterocycles. The number of hydrogen-bond acceptors (Lipinski definition) is 3. The van der Waals surface area contributed by atoms with Crippen molar-refractivity contribution in [1.29, 1.82) is 5.26 Å². The maximum atomic E-state index is 16.2. The second-order valence-corrected chi connectivity index (χ2v) is 16.6. The smallest absolute Gasteiger partial charge is 0.200 e. The second-order valence-electron chi connectivity index (χ2n) is 14.5. The van der Waals surface area contributed by atoms with Gasteiger partial charge in [-0.15, -0.1) is 22.7 Å². The minimum absolute atomic E-state index is 0.0150. The van der Waals surface area contributed by atoms with Gasteiger partial charge in [0.15, 0.2) is 23.3 Å². The van der Waals surface area contributed by atoms with Crippen molar-refractivity contribution in [2.24, 2.45) is 0 Å². The predicted molar refractivity (Wildman–Crippen MR) is 231 cm³/mol. The van der Waals surface area contributed by atoms with Crippen LogP contribution < -0.4 is 0 Å². The number of hydrogen-bond donors (Lipinski definition) is 0. The maximum absolute atomic E-state index is 16.2. The van der Waals surface area contributed by atoms with E-state index in [9.17, 15) is 9.65 Å². The number of aromatic nitrogens is 2. The summed E-state index contributed by atoms with van der Waals surface area (Å²) in [6.07, 6.45) is 0. The van der Waals surface area contributed by atoms with E-state index in [-0.39, 0.29) is 16.8 Å². The van der Waals surface area contributed by atoms with Crippen LogP contribution in [0.5, 0.6) is 0 Å². The highest BCUT2D eigenvalue weighted by atomic mass is 32.1. The molecule has 0 radical (unpaired) electrons. The van der Waals surface area contributed by atoms with E-state index in [4.69, 9.17) is 0 Å². The van der Waals surface area contributed by atoms with Gasteiger partial charge in [0.25, 0.3) is 0 Å². The summed E-state index contributed by atoms with van der Waals surface area (Å²) >= 11 is 3.15. The van der Waals surface area contributed by atoms with Crippen LogP contribution in [0.1, 0.15) is 5.56 Å². The number of para-hydroxylation sites is 2. The molecule has 0 spiro atoms. The van der Waals surface area contributed by atoms with Crippen molar-refractivity contribution < 1.29 is 22.0 Å². The maximum Gasteiger partial charge on any atom is 0.200 e. The second kappa shape index (κ2) is 12.2. The molecule has 0 bridgehead atoms. The first-order valence-electron chi connectivity index (χ1n) is 18.6. The van der Waals surface area contributed by atoms with Gasteiger partial charge in [-0.1, -0.05) is 97.1 Å². The normalized spacial score (nSPS) is 12.1. The summed E-state index contributed by atoms with van der Waals surface area (Å²) < 4.78 is 85.2. The van der Waals surface area contributed by atoms with Crippen LogP contribution in [0.15, 0.2) is 133 Å². The minimum Gasteiger partial charge on any atom is -0.306 e. The molecule has 12 rings (SSSR count). The minimum atomic E-state index is -2.26. The fraction of sp³-hybridized carbons (Fsp3) is 0. The quantitative estimate of drug-likeness (QED) is 0.0994. The number of rotatable bonds is 3. The fourth-order valence-electron chi connectivity index (χ4n) is 9.10. The van der Waals surface area contributed by atoms with Crippen LogP contribution in [0.3, 0.4) is 0 Å². The molecule has 0 amide bonds. The van der Waals surface area contributed by atoms with Gasteiger partial charge < -0.3 is 9.13 Å². The van der Waals surface area contributed by atoms with Gasteiger partial charge in [0.2, 0.25) is 5.82 Å². The summed E-state index contributed by atoms with van der Waals surface area (Å²) in [5.74, 6) is -10.4. The molecular formula is C49H22F5N3S2. The molecule has 10 heteroatoms. The fourth-order valence-corrected chi connectivity index (χ4v) is 11.6. The lowest BCUT2D eigenvalue weighted by Gasteiger charge is -2.21. The Bertz CT molecular complexity index is 3850. The number of fused-ring (bicyclic) bond motifs is 14. The summed E-state index contributed by atoms with van der Waals surface area (Å²) in [5, 5.41) is 19.0. The summed E-state index contributed by atoms with van der Waals surface area (Å²) in [6.45, 7) is 0. The van der Waals surface area contributed by atoms with Gasteiger partial charge in [-0.2, -0.15) is 5.26 Å². The van der Waals surface area contributed by atoms with Crippen LogP contribution in [0, 0.1) is 40.4 Å². The third-order valence-corrected chi connectivity index (χ3v) is 14.0. The Morgan fingerprint density at radius 1 is 0.424 bits per heavy atom. The zero-order chi connectivity index (χ0) is 39.8. The highest BCUT2D eigenvalue weighted by Gasteiger charge is 2.32. The van der Waals surface area contributed by atoms with Crippen molar-refractivity contribution >= 4 is 107 Å². The van der Waals surface area contributed by atoms with Crippen LogP contribution in [0.4, 0.5) is 22.0 Å². The largest absolute Gasteiger partial charge is 0.306 e. The Hall–Kier alpha value is -7.06. The Kier molecular flexibility index (Phi) is 7.05. The first-order valence-corrected chi connectivity index (χ1v) is 20.3. The van der Waals surface area contributed by atoms with E-state index in [1.54, 1.807) is 22.0 Å². The summed E-state index contributed by atoms with van der Waals surface area (Å²) in [5.41, 5.74) is 1.71. The van der Waals surface area contributed by atoms with Crippen LogP contribution in [-0.4, -0.2) is 9.13 Å². The molecule has 8 aromatic carbocycles. The van der Waals surface area contributed by atoms with E-state index >= 15 is 17.6 Å². The van der Waals surface area contributed by atoms with Gasteiger partial charge in [-0.05, 0) is 36.4 Å². The highest BCUT2D eigenvalue weighted by Crippen LogP contribution is 2.49. The Morgan fingerprint density at radius 3 is 1.41 bits per heavy atom. The zero-order valence-electron chi connectivity index (χ0n) is 30.2. The number of thiophene rings is 2. The van der Waals surface area contributed by atoms with Crippen LogP contribution in [0.25, 0.3) is 106 Å². The van der Waals surface area contributed by atoms with E-state index in [0.29, 0.717) is 16.7 Å². The molecule has 280 valence electrons. The number of halogens is 5. The van der Waals surface area contributed by atoms with E-state index in [1.165, 1.54) is 17.4 Å².